The first-order valence-electron chi connectivity index (χ1n) is 8.15. The first-order valence-corrected chi connectivity index (χ1v) is 8.53. The largest absolute Gasteiger partial charge is 0.349 e. The Morgan fingerprint density at radius 2 is 1.92 bits per heavy atom. The molecule has 130 valence electrons. The van der Waals surface area contributed by atoms with Crippen molar-refractivity contribution >= 4 is 28.6 Å². The molecule has 5 nitrogen and oxygen atoms in total. The normalized spacial score (nSPS) is 11.8. The van der Waals surface area contributed by atoms with E-state index in [2.05, 4.69) is 30.8 Å². The van der Waals surface area contributed by atoms with Gasteiger partial charge in [-0.25, -0.2) is 4.98 Å². The Hall–Kier alpha value is -2.53. The van der Waals surface area contributed by atoms with Gasteiger partial charge in [0.25, 0.3) is 0 Å². The summed E-state index contributed by atoms with van der Waals surface area (Å²) >= 11 is 5.94. The number of hydrogen-bond acceptors (Lipinski definition) is 2. The molecule has 2 aromatic carbocycles. The molecule has 1 N–H and O–H groups in total. The van der Waals surface area contributed by atoms with Crippen LogP contribution in [0.1, 0.15) is 11.4 Å². The fourth-order valence-corrected chi connectivity index (χ4v) is 2.96. The lowest BCUT2D eigenvalue weighted by Gasteiger charge is -2.22. The van der Waals surface area contributed by atoms with Gasteiger partial charge in [0.1, 0.15) is 5.82 Å². The number of benzene rings is 2. The molecular weight excluding hydrogens is 334 g/mol. The van der Waals surface area contributed by atoms with Crippen molar-refractivity contribution in [3.8, 4) is 0 Å². The maximum atomic E-state index is 5.94. The number of guanidine groups is 1. The van der Waals surface area contributed by atoms with Gasteiger partial charge >= 0.3 is 0 Å². The van der Waals surface area contributed by atoms with Crippen LogP contribution in [-0.2, 0) is 20.1 Å². The molecule has 1 aromatic heterocycles. The number of imidazole rings is 1. The molecule has 6 heteroatoms. The standard InChI is InChI=1S/C19H22ClN5/c1-21-19(24(2)13-14-8-10-15(20)11-9-14)22-12-18-23-16-6-4-5-7-17(16)25(18)3/h4-11H,12-13H2,1-3H3,(H,21,22). The van der Waals surface area contributed by atoms with E-state index in [-0.39, 0.29) is 0 Å². The minimum absolute atomic E-state index is 0.614. The van der Waals surface area contributed by atoms with E-state index in [1.54, 1.807) is 7.05 Å². The van der Waals surface area contributed by atoms with Crippen molar-refractivity contribution < 1.29 is 0 Å². The van der Waals surface area contributed by atoms with E-state index >= 15 is 0 Å². The second kappa shape index (κ2) is 7.57. The van der Waals surface area contributed by atoms with E-state index in [1.807, 2.05) is 56.6 Å². The van der Waals surface area contributed by atoms with Gasteiger partial charge in [-0.2, -0.15) is 0 Å². The number of aliphatic imine (C=N–C) groups is 1. The van der Waals surface area contributed by atoms with Gasteiger partial charge in [0.05, 0.1) is 17.6 Å². The van der Waals surface area contributed by atoms with Gasteiger partial charge in [0.2, 0.25) is 0 Å². The van der Waals surface area contributed by atoms with E-state index in [9.17, 15) is 0 Å². The number of fused-ring (bicyclic) bond motifs is 1. The summed E-state index contributed by atoms with van der Waals surface area (Å²) in [6, 6.07) is 16.0. The molecule has 3 rings (SSSR count). The smallest absolute Gasteiger partial charge is 0.194 e. The summed E-state index contributed by atoms with van der Waals surface area (Å²) in [5.74, 6) is 1.80. The number of hydrogen-bond donors (Lipinski definition) is 1. The number of nitrogens with zero attached hydrogens (tertiary/aromatic N) is 4. The lowest BCUT2D eigenvalue weighted by atomic mass is 10.2. The van der Waals surface area contributed by atoms with Crippen LogP contribution in [0, 0.1) is 0 Å². The summed E-state index contributed by atoms with van der Waals surface area (Å²) in [6.07, 6.45) is 0. The van der Waals surface area contributed by atoms with E-state index < -0.39 is 0 Å². The molecule has 0 saturated carbocycles. The molecule has 0 amide bonds. The van der Waals surface area contributed by atoms with Crippen molar-refractivity contribution in [2.24, 2.45) is 12.0 Å². The third kappa shape index (κ3) is 3.94. The molecule has 0 unspecified atom stereocenters. The summed E-state index contributed by atoms with van der Waals surface area (Å²) < 4.78 is 2.11. The molecule has 3 aromatic rings. The van der Waals surface area contributed by atoms with E-state index in [1.165, 1.54) is 5.56 Å². The van der Waals surface area contributed by atoms with Gasteiger partial charge in [-0.3, -0.25) is 4.99 Å². The number of nitrogens with one attached hydrogen (secondary N) is 1. The van der Waals surface area contributed by atoms with Crippen LogP contribution in [0.5, 0.6) is 0 Å². The van der Waals surface area contributed by atoms with Crippen molar-refractivity contribution in [1.82, 2.24) is 19.8 Å². The zero-order chi connectivity index (χ0) is 17.8. The predicted octanol–water partition coefficient (Wildman–Crippen LogP) is 3.43. The molecule has 1 heterocycles. The Bertz CT molecular complexity index is 882. The van der Waals surface area contributed by atoms with Crippen LogP contribution < -0.4 is 5.32 Å². The third-order valence-electron chi connectivity index (χ3n) is 4.19. The highest BCUT2D eigenvalue weighted by molar-refractivity contribution is 6.30. The first-order chi connectivity index (χ1) is 12.1. The second-order valence-corrected chi connectivity index (χ2v) is 6.40. The van der Waals surface area contributed by atoms with Crippen molar-refractivity contribution in [2.45, 2.75) is 13.1 Å². The molecule has 0 bridgehead atoms. The number of rotatable bonds is 4. The maximum absolute atomic E-state index is 5.94. The van der Waals surface area contributed by atoms with E-state index in [0.29, 0.717) is 6.54 Å². The second-order valence-electron chi connectivity index (χ2n) is 5.96. The number of halogens is 1. The van der Waals surface area contributed by atoms with E-state index in [4.69, 9.17) is 11.6 Å². The average molecular weight is 356 g/mol. The van der Waals surface area contributed by atoms with Crippen molar-refractivity contribution in [2.75, 3.05) is 14.1 Å². The minimum atomic E-state index is 0.614. The Morgan fingerprint density at radius 1 is 1.20 bits per heavy atom. The van der Waals surface area contributed by atoms with Gasteiger partial charge in [0.15, 0.2) is 5.96 Å². The van der Waals surface area contributed by atoms with Crippen LogP contribution in [-0.4, -0.2) is 34.5 Å². The average Bonchev–Trinajstić information content (AvgIpc) is 2.94. The lowest BCUT2D eigenvalue weighted by molar-refractivity contribution is 0.474. The van der Waals surface area contributed by atoms with Gasteiger partial charge in [-0.15, -0.1) is 0 Å². The molecule has 0 aliphatic carbocycles. The van der Waals surface area contributed by atoms with Crippen LogP contribution >= 0.6 is 11.6 Å². The van der Waals surface area contributed by atoms with Crippen LogP contribution in [0.4, 0.5) is 0 Å². The highest BCUT2D eigenvalue weighted by Crippen LogP contribution is 2.14. The minimum Gasteiger partial charge on any atom is -0.349 e. The van der Waals surface area contributed by atoms with Crippen molar-refractivity contribution in [1.29, 1.82) is 0 Å². The van der Waals surface area contributed by atoms with Gasteiger partial charge < -0.3 is 14.8 Å². The molecule has 0 aliphatic heterocycles. The fraction of sp³-hybridized carbons (Fsp3) is 0.263. The van der Waals surface area contributed by atoms with Crippen LogP contribution in [0.3, 0.4) is 0 Å². The Labute approximate surface area is 153 Å². The van der Waals surface area contributed by atoms with E-state index in [0.717, 1.165) is 34.4 Å². The SMILES string of the molecule is CN=C(NCc1nc2ccccc2n1C)N(C)Cc1ccc(Cl)cc1. The molecule has 0 radical (unpaired) electrons. The maximum Gasteiger partial charge on any atom is 0.194 e. The highest BCUT2D eigenvalue weighted by Gasteiger charge is 2.10. The summed E-state index contributed by atoms with van der Waals surface area (Å²) in [5, 5.41) is 4.13. The molecule has 0 aliphatic rings. The van der Waals surface area contributed by atoms with Gasteiger partial charge in [-0.1, -0.05) is 35.9 Å². The third-order valence-corrected chi connectivity index (χ3v) is 4.44. The summed E-state index contributed by atoms with van der Waals surface area (Å²) in [7, 11) is 5.83. The monoisotopic (exact) mass is 355 g/mol. The number of aromatic nitrogens is 2. The zero-order valence-corrected chi connectivity index (χ0v) is 15.5. The zero-order valence-electron chi connectivity index (χ0n) is 14.7. The fourth-order valence-electron chi connectivity index (χ4n) is 2.83. The molecule has 0 fully saturated rings. The van der Waals surface area contributed by atoms with Crippen LogP contribution in [0.25, 0.3) is 11.0 Å². The Kier molecular flexibility index (Phi) is 5.24. The summed E-state index contributed by atoms with van der Waals surface area (Å²) in [6.45, 7) is 1.36. The topological polar surface area (TPSA) is 45.5 Å². The van der Waals surface area contributed by atoms with Crippen molar-refractivity contribution in [3.63, 3.8) is 0 Å². The Morgan fingerprint density at radius 3 is 2.60 bits per heavy atom. The Balaban J connectivity index is 1.67. The highest BCUT2D eigenvalue weighted by atomic mass is 35.5. The van der Waals surface area contributed by atoms with Crippen LogP contribution in [0.2, 0.25) is 5.02 Å². The first kappa shape index (κ1) is 17.3. The summed E-state index contributed by atoms with van der Waals surface area (Å²) in [5.41, 5.74) is 3.31. The summed E-state index contributed by atoms with van der Waals surface area (Å²) in [4.78, 5) is 11.1. The molecule has 25 heavy (non-hydrogen) atoms. The molecule has 0 atom stereocenters. The molecule has 0 saturated heterocycles. The van der Waals surface area contributed by atoms with Gasteiger partial charge in [0, 0.05) is 32.7 Å². The predicted molar refractivity (Wildman–Crippen MR) is 104 cm³/mol. The number of aryl methyl sites for hydroxylation is 1. The van der Waals surface area contributed by atoms with Crippen LogP contribution in [0.15, 0.2) is 53.5 Å². The number of para-hydroxylation sites is 2. The lowest BCUT2D eigenvalue weighted by Crippen LogP contribution is -2.38. The molecule has 0 spiro atoms. The quantitative estimate of drug-likeness (QED) is 0.576. The van der Waals surface area contributed by atoms with Crippen molar-refractivity contribution in [3.05, 3.63) is 64.9 Å². The van der Waals surface area contributed by atoms with Gasteiger partial charge in [-0.05, 0) is 29.8 Å². The molecular formula is C19H22ClN5.